The van der Waals surface area contributed by atoms with Crippen molar-refractivity contribution in [1.29, 1.82) is 0 Å². The van der Waals surface area contributed by atoms with E-state index in [2.05, 4.69) is 4.98 Å². The Labute approximate surface area is 84.1 Å². The molecule has 1 aromatic heterocycles. The maximum absolute atomic E-state index is 11.4. The van der Waals surface area contributed by atoms with Crippen LogP contribution < -0.4 is 0 Å². The van der Waals surface area contributed by atoms with Gasteiger partial charge >= 0.3 is 0 Å². The standard InChI is InChI=1S/C10H13NO2S/c1-14(12,13)10-9-5-3-2-4-8(9)6-7-11-10/h6-7H,2-5H2,1H3. The first kappa shape index (κ1) is 9.65. The van der Waals surface area contributed by atoms with E-state index in [4.69, 9.17) is 0 Å². The van der Waals surface area contributed by atoms with Crippen LogP contribution in [0.25, 0.3) is 0 Å². The van der Waals surface area contributed by atoms with Gasteiger partial charge in [-0.25, -0.2) is 13.4 Å². The van der Waals surface area contributed by atoms with Crippen LogP contribution in [0.2, 0.25) is 0 Å². The highest BCUT2D eigenvalue weighted by atomic mass is 32.2. The molecule has 76 valence electrons. The third-order valence-electron chi connectivity index (χ3n) is 2.59. The van der Waals surface area contributed by atoms with E-state index in [0.717, 1.165) is 36.8 Å². The summed E-state index contributed by atoms with van der Waals surface area (Å²) in [5.41, 5.74) is 2.10. The van der Waals surface area contributed by atoms with Gasteiger partial charge in [-0.2, -0.15) is 0 Å². The summed E-state index contributed by atoms with van der Waals surface area (Å²) in [5.74, 6) is 0. The van der Waals surface area contributed by atoms with Crippen molar-refractivity contribution < 1.29 is 8.42 Å². The van der Waals surface area contributed by atoms with Crippen LogP contribution in [-0.2, 0) is 22.7 Å². The van der Waals surface area contributed by atoms with Gasteiger partial charge < -0.3 is 0 Å². The van der Waals surface area contributed by atoms with Crippen LogP contribution in [0, 0.1) is 0 Å². The first-order chi connectivity index (χ1) is 6.59. The fourth-order valence-corrected chi connectivity index (χ4v) is 2.88. The molecule has 1 aromatic rings. The van der Waals surface area contributed by atoms with Crippen LogP contribution in [-0.4, -0.2) is 19.7 Å². The normalized spacial score (nSPS) is 16.4. The van der Waals surface area contributed by atoms with Crippen LogP contribution in [0.3, 0.4) is 0 Å². The van der Waals surface area contributed by atoms with Crippen molar-refractivity contribution in [1.82, 2.24) is 4.98 Å². The predicted molar refractivity (Wildman–Crippen MR) is 54.0 cm³/mol. The topological polar surface area (TPSA) is 47.0 Å². The van der Waals surface area contributed by atoms with Gasteiger partial charge in [-0.1, -0.05) is 0 Å². The quantitative estimate of drug-likeness (QED) is 0.704. The Morgan fingerprint density at radius 2 is 2.00 bits per heavy atom. The molecule has 4 heteroatoms. The molecule has 0 radical (unpaired) electrons. The largest absolute Gasteiger partial charge is 0.244 e. The highest BCUT2D eigenvalue weighted by Crippen LogP contribution is 2.25. The molecule has 0 bridgehead atoms. The second-order valence-corrected chi connectivity index (χ2v) is 5.66. The Balaban J connectivity index is 2.62. The van der Waals surface area contributed by atoms with E-state index in [-0.39, 0.29) is 5.03 Å². The summed E-state index contributed by atoms with van der Waals surface area (Å²) in [5, 5.41) is 0.287. The summed E-state index contributed by atoms with van der Waals surface area (Å²) in [4.78, 5) is 3.98. The van der Waals surface area contributed by atoms with E-state index in [9.17, 15) is 8.42 Å². The number of fused-ring (bicyclic) bond motifs is 1. The van der Waals surface area contributed by atoms with Crippen molar-refractivity contribution in [2.45, 2.75) is 30.7 Å². The second kappa shape index (κ2) is 3.35. The summed E-state index contributed by atoms with van der Waals surface area (Å²) in [6.07, 6.45) is 6.89. The molecule has 0 saturated heterocycles. The molecule has 14 heavy (non-hydrogen) atoms. The predicted octanol–water partition coefficient (Wildman–Crippen LogP) is 1.36. The van der Waals surface area contributed by atoms with Crippen molar-refractivity contribution in [2.75, 3.05) is 6.26 Å². The van der Waals surface area contributed by atoms with E-state index in [1.54, 1.807) is 6.20 Å². The van der Waals surface area contributed by atoms with Crippen LogP contribution in [0.4, 0.5) is 0 Å². The van der Waals surface area contributed by atoms with Crippen molar-refractivity contribution in [2.24, 2.45) is 0 Å². The third-order valence-corrected chi connectivity index (χ3v) is 3.64. The molecule has 0 amide bonds. The van der Waals surface area contributed by atoms with Crippen molar-refractivity contribution in [3.05, 3.63) is 23.4 Å². The van der Waals surface area contributed by atoms with Gasteiger partial charge in [0.15, 0.2) is 14.9 Å². The smallest absolute Gasteiger partial charge is 0.193 e. The lowest BCUT2D eigenvalue weighted by atomic mass is 9.94. The number of hydrogen-bond acceptors (Lipinski definition) is 3. The zero-order valence-corrected chi connectivity index (χ0v) is 8.97. The van der Waals surface area contributed by atoms with Crippen molar-refractivity contribution in [3.8, 4) is 0 Å². The summed E-state index contributed by atoms with van der Waals surface area (Å²) in [6, 6.07) is 1.93. The second-order valence-electron chi connectivity index (χ2n) is 3.73. The van der Waals surface area contributed by atoms with E-state index < -0.39 is 9.84 Å². The van der Waals surface area contributed by atoms with Crippen LogP contribution >= 0.6 is 0 Å². The van der Waals surface area contributed by atoms with Crippen molar-refractivity contribution >= 4 is 9.84 Å². The zero-order valence-electron chi connectivity index (χ0n) is 8.16. The molecule has 0 aliphatic heterocycles. The molecule has 0 fully saturated rings. The van der Waals surface area contributed by atoms with Crippen LogP contribution in [0.15, 0.2) is 17.3 Å². The van der Waals surface area contributed by atoms with E-state index >= 15 is 0 Å². The zero-order chi connectivity index (χ0) is 10.2. The van der Waals surface area contributed by atoms with E-state index in [1.165, 1.54) is 6.26 Å². The number of hydrogen-bond donors (Lipinski definition) is 0. The lowest BCUT2D eigenvalue weighted by molar-refractivity contribution is 0.591. The van der Waals surface area contributed by atoms with Gasteiger partial charge in [-0.3, -0.25) is 0 Å². The number of sulfone groups is 1. The van der Waals surface area contributed by atoms with E-state index in [1.807, 2.05) is 6.07 Å². The summed E-state index contributed by atoms with van der Waals surface area (Å²) in [6.45, 7) is 0. The van der Waals surface area contributed by atoms with Gasteiger partial charge in [0.05, 0.1) is 0 Å². The number of rotatable bonds is 1. The Kier molecular flexibility index (Phi) is 2.31. The lowest BCUT2D eigenvalue weighted by Crippen LogP contribution is -2.11. The van der Waals surface area contributed by atoms with E-state index in [0.29, 0.717) is 0 Å². The van der Waals surface area contributed by atoms with Gasteiger partial charge in [-0.15, -0.1) is 0 Å². The number of pyridine rings is 1. The average molecular weight is 211 g/mol. The van der Waals surface area contributed by atoms with Gasteiger partial charge in [0.25, 0.3) is 0 Å². The van der Waals surface area contributed by atoms with Crippen LogP contribution in [0.1, 0.15) is 24.0 Å². The van der Waals surface area contributed by atoms with Gasteiger partial charge in [0, 0.05) is 12.5 Å². The highest BCUT2D eigenvalue weighted by Gasteiger charge is 2.19. The molecular weight excluding hydrogens is 198 g/mol. The first-order valence-corrected chi connectivity index (χ1v) is 6.65. The molecule has 1 heterocycles. The molecule has 3 nitrogen and oxygen atoms in total. The molecule has 0 atom stereocenters. The molecule has 0 N–H and O–H groups in total. The van der Waals surface area contributed by atoms with Gasteiger partial charge in [0.2, 0.25) is 0 Å². The minimum atomic E-state index is -3.16. The lowest BCUT2D eigenvalue weighted by Gasteiger charge is -2.17. The molecule has 0 aromatic carbocycles. The molecule has 0 spiro atoms. The maximum Gasteiger partial charge on any atom is 0.193 e. The monoisotopic (exact) mass is 211 g/mol. The summed E-state index contributed by atoms with van der Waals surface area (Å²) >= 11 is 0. The number of aromatic nitrogens is 1. The highest BCUT2D eigenvalue weighted by molar-refractivity contribution is 7.90. The van der Waals surface area contributed by atoms with Crippen LogP contribution in [0.5, 0.6) is 0 Å². The molecule has 2 rings (SSSR count). The number of nitrogens with zero attached hydrogens (tertiary/aromatic N) is 1. The van der Waals surface area contributed by atoms with Gasteiger partial charge in [-0.05, 0) is 42.9 Å². The molecular formula is C10H13NO2S. The summed E-state index contributed by atoms with van der Waals surface area (Å²) in [7, 11) is -3.16. The average Bonchev–Trinajstić information content (AvgIpc) is 2.15. The third kappa shape index (κ3) is 1.66. The maximum atomic E-state index is 11.4. The molecule has 0 unspecified atom stereocenters. The summed E-state index contributed by atoms with van der Waals surface area (Å²) < 4.78 is 22.9. The molecule has 0 saturated carbocycles. The Bertz CT molecular complexity index is 451. The number of aryl methyl sites for hydroxylation is 1. The fraction of sp³-hybridized carbons (Fsp3) is 0.500. The van der Waals surface area contributed by atoms with Gasteiger partial charge in [0.1, 0.15) is 0 Å². The Hall–Kier alpha value is -0.900. The first-order valence-electron chi connectivity index (χ1n) is 4.76. The van der Waals surface area contributed by atoms with Crippen molar-refractivity contribution in [3.63, 3.8) is 0 Å². The fourth-order valence-electron chi connectivity index (χ4n) is 1.95. The SMILES string of the molecule is CS(=O)(=O)c1nccc2c1CCCC2. The molecule has 1 aliphatic carbocycles. The Morgan fingerprint density at radius 3 is 2.71 bits per heavy atom. The molecule has 1 aliphatic rings. The minimum absolute atomic E-state index is 0.287. The Morgan fingerprint density at radius 1 is 1.29 bits per heavy atom. The minimum Gasteiger partial charge on any atom is -0.244 e.